The minimum Gasteiger partial charge on any atom is -0.454 e. The number of amides is 1. The highest BCUT2D eigenvalue weighted by Gasteiger charge is 2.40. The van der Waals surface area contributed by atoms with Crippen LogP contribution in [0.3, 0.4) is 0 Å². The smallest absolute Gasteiger partial charge is 0.290 e. The molecule has 1 fully saturated rings. The van der Waals surface area contributed by atoms with Crippen molar-refractivity contribution in [2.45, 2.75) is 37.9 Å². The predicted octanol–water partition coefficient (Wildman–Crippen LogP) is 3.71. The van der Waals surface area contributed by atoms with E-state index in [2.05, 4.69) is 27.5 Å². The molecule has 33 heavy (non-hydrogen) atoms. The third kappa shape index (κ3) is 4.42. The van der Waals surface area contributed by atoms with E-state index in [1.165, 1.54) is 5.56 Å². The summed E-state index contributed by atoms with van der Waals surface area (Å²) in [4.78, 5) is 16.8. The lowest BCUT2D eigenvalue weighted by atomic mass is 9.96. The van der Waals surface area contributed by atoms with E-state index in [1.54, 1.807) is 21.8 Å². The van der Waals surface area contributed by atoms with Gasteiger partial charge in [0, 0.05) is 12.5 Å². The van der Waals surface area contributed by atoms with E-state index in [9.17, 15) is 4.79 Å². The molecule has 4 aromatic rings. The molecule has 1 amide bonds. The Balaban J connectivity index is 1.43. The zero-order valence-electron chi connectivity index (χ0n) is 18.4. The van der Waals surface area contributed by atoms with E-state index >= 15 is 0 Å². The number of nitrogens with two attached hydrogens (primary N) is 1. The molecule has 8 nitrogen and oxygen atoms in total. The van der Waals surface area contributed by atoms with Crippen LogP contribution in [0.2, 0.25) is 0 Å². The number of hydrogen-bond donors (Lipinski definition) is 1. The first kappa shape index (κ1) is 21.1. The van der Waals surface area contributed by atoms with E-state index in [4.69, 9.17) is 10.2 Å². The van der Waals surface area contributed by atoms with Crippen LogP contribution >= 0.6 is 0 Å². The average molecular weight is 443 g/mol. The van der Waals surface area contributed by atoms with Gasteiger partial charge in [0.15, 0.2) is 11.6 Å². The summed E-state index contributed by atoms with van der Waals surface area (Å²) in [5, 5.41) is 13.2. The molecule has 1 saturated heterocycles. The third-order valence-electron chi connectivity index (χ3n) is 6.05. The molecule has 1 aliphatic rings. The highest BCUT2D eigenvalue weighted by Crippen LogP contribution is 2.40. The van der Waals surface area contributed by atoms with Crippen molar-refractivity contribution in [1.82, 2.24) is 25.1 Å². The van der Waals surface area contributed by atoms with Crippen molar-refractivity contribution in [2.24, 2.45) is 5.73 Å². The zero-order valence-corrected chi connectivity index (χ0v) is 18.4. The van der Waals surface area contributed by atoms with Crippen LogP contribution in [0.15, 0.2) is 77.2 Å². The summed E-state index contributed by atoms with van der Waals surface area (Å²) in [6.45, 7) is 2.90. The molecular weight excluding hydrogens is 416 g/mol. The number of carbonyl (C=O) groups excluding carboxylic acids is 1. The summed E-state index contributed by atoms with van der Waals surface area (Å²) >= 11 is 0. The number of benzene rings is 2. The van der Waals surface area contributed by atoms with Gasteiger partial charge in [-0.25, -0.2) is 0 Å². The minimum absolute atomic E-state index is 0.170. The number of aromatic nitrogens is 4. The van der Waals surface area contributed by atoms with E-state index in [-0.39, 0.29) is 29.7 Å². The number of tetrazole rings is 1. The largest absolute Gasteiger partial charge is 0.454 e. The molecule has 0 spiro atoms. The van der Waals surface area contributed by atoms with Gasteiger partial charge in [0.05, 0.1) is 18.6 Å². The van der Waals surface area contributed by atoms with Gasteiger partial charge in [-0.05, 0) is 41.8 Å². The van der Waals surface area contributed by atoms with Crippen LogP contribution in [0.25, 0.3) is 0 Å². The van der Waals surface area contributed by atoms with Crippen LogP contribution in [-0.2, 0) is 6.54 Å². The van der Waals surface area contributed by atoms with Gasteiger partial charge < -0.3 is 15.1 Å². The molecule has 0 unspecified atom stereocenters. The monoisotopic (exact) mass is 442 g/mol. The lowest BCUT2D eigenvalue weighted by Gasteiger charge is -2.21. The number of carbonyl (C=O) groups is 1. The van der Waals surface area contributed by atoms with Gasteiger partial charge in [0.25, 0.3) is 5.91 Å². The minimum atomic E-state index is -0.295. The number of rotatable bonds is 6. The molecule has 8 heteroatoms. The Morgan fingerprint density at radius 3 is 2.52 bits per heavy atom. The maximum Gasteiger partial charge on any atom is 0.290 e. The van der Waals surface area contributed by atoms with Crippen LogP contribution in [0.4, 0.5) is 0 Å². The highest BCUT2D eigenvalue weighted by molar-refractivity contribution is 5.92. The molecule has 0 bridgehead atoms. The number of hydrogen-bond acceptors (Lipinski definition) is 6. The second-order valence-electron chi connectivity index (χ2n) is 8.47. The number of furan rings is 1. The SMILES string of the molecule is C[C@H](N)c1ccc(C(=O)N2C[C@@H](c3ccccc3)C[C@H]2c2nnn(Cc3ccccc3)n2)o1. The summed E-state index contributed by atoms with van der Waals surface area (Å²) in [7, 11) is 0. The van der Waals surface area contributed by atoms with Crippen molar-refractivity contribution in [3.05, 3.63) is 101 Å². The molecule has 5 rings (SSSR count). The summed E-state index contributed by atoms with van der Waals surface area (Å²) in [5.41, 5.74) is 8.18. The van der Waals surface area contributed by atoms with E-state index < -0.39 is 0 Å². The van der Waals surface area contributed by atoms with Crippen molar-refractivity contribution in [1.29, 1.82) is 0 Å². The van der Waals surface area contributed by atoms with E-state index in [0.29, 0.717) is 31.1 Å². The van der Waals surface area contributed by atoms with Gasteiger partial charge in [0.1, 0.15) is 5.76 Å². The van der Waals surface area contributed by atoms with Gasteiger partial charge in [-0.15, -0.1) is 10.2 Å². The van der Waals surface area contributed by atoms with Gasteiger partial charge in [-0.3, -0.25) is 4.79 Å². The standard InChI is InChI=1S/C25H26N6O2/c1-17(26)22-12-13-23(33-22)25(32)30-16-20(19-10-6-3-7-11-19)14-21(30)24-27-29-31(28-24)15-18-8-4-2-5-9-18/h2-13,17,20-21H,14-16,26H2,1H3/t17-,20-,21-/m0/s1. The summed E-state index contributed by atoms with van der Waals surface area (Å²) in [6, 6.07) is 23.1. The van der Waals surface area contributed by atoms with E-state index in [1.807, 2.05) is 55.5 Å². The lowest BCUT2D eigenvalue weighted by Crippen LogP contribution is -2.31. The third-order valence-corrected chi connectivity index (χ3v) is 6.05. The quantitative estimate of drug-likeness (QED) is 0.488. The molecule has 168 valence electrons. The van der Waals surface area contributed by atoms with Crippen LogP contribution < -0.4 is 5.73 Å². The van der Waals surface area contributed by atoms with Crippen LogP contribution in [0.1, 0.15) is 64.6 Å². The number of likely N-dealkylation sites (tertiary alicyclic amines) is 1. The predicted molar refractivity (Wildman–Crippen MR) is 122 cm³/mol. The second-order valence-corrected chi connectivity index (χ2v) is 8.47. The van der Waals surface area contributed by atoms with Crippen molar-refractivity contribution in [3.63, 3.8) is 0 Å². The van der Waals surface area contributed by atoms with Gasteiger partial charge >= 0.3 is 0 Å². The Labute approximate surface area is 192 Å². The first-order valence-corrected chi connectivity index (χ1v) is 11.1. The molecular formula is C25H26N6O2. The molecule has 3 atom stereocenters. The highest BCUT2D eigenvalue weighted by atomic mass is 16.4. The van der Waals surface area contributed by atoms with Crippen LogP contribution in [0, 0.1) is 0 Å². The second kappa shape index (κ2) is 8.99. The summed E-state index contributed by atoms with van der Waals surface area (Å²) in [6.07, 6.45) is 0.716. The summed E-state index contributed by atoms with van der Waals surface area (Å²) in [5.74, 6) is 1.38. The molecule has 0 aliphatic carbocycles. The van der Waals surface area contributed by atoms with Gasteiger partial charge in [-0.1, -0.05) is 60.7 Å². The van der Waals surface area contributed by atoms with Crippen LogP contribution in [0.5, 0.6) is 0 Å². The Morgan fingerprint density at radius 2 is 1.82 bits per heavy atom. The Hall–Kier alpha value is -3.78. The molecule has 1 aliphatic heterocycles. The fourth-order valence-corrected chi connectivity index (χ4v) is 4.33. The van der Waals surface area contributed by atoms with Crippen LogP contribution in [-0.4, -0.2) is 37.6 Å². The maximum atomic E-state index is 13.4. The molecule has 2 N–H and O–H groups in total. The topological polar surface area (TPSA) is 103 Å². The first-order chi connectivity index (χ1) is 16.1. The molecule has 3 heterocycles. The van der Waals surface area contributed by atoms with Crippen molar-refractivity contribution in [2.75, 3.05) is 6.54 Å². The normalized spacial score (nSPS) is 19.0. The fourth-order valence-electron chi connectivity index (χ4n) is 4.33. The molecule has 2 aromatic carbocycles. The van der Waals surface area contributed by atoms with Gasteiger partial charge in [0.2, 0.25) is 0 Å². The van der Waals surface area contributed by atoms with E-state index in [0.717, 1.165) is 5.56 Å². The maximum absolute atomic E-state index is 13.4. The summed E-state index contributed by atoms with van der Waals surface area (Å²) < 4.78 is 5.75. The lowest BCUT2D eigenvalue weighted by molar-refractivity contribution is 0.0693. The van der Waals surface area contributed by atoms with Crippen molar-refractivity contribution >= 4 is 5.91 Å². The molecule has 0 radical (unpaired) electrons. The fraction of sp³-hybridized carbons (Fsp3) is 0.280. The van der Waals surface area contributed by atoms with Crippen molar-refractivity contribution in [3.8, 4) is 0 Å². The molecule has 0 saturated carbocycles. The Morgan fingerprint density at radius 1 is 1.09 bits per heavy atom. The number of nitrogens with zero attached hydrogens (tertiary/aromatic N) is 5. The molecule has 2 aromatic heterocycles. The van der Waals surface area contributed by atoms with Crippen molar-refractivity contribution < 1.29 is 9.21 Å². The van der Waals surface area contributed by atoms with Gasteiger partial charge in [-0.2, -0.15) is 4.80 Å². The Kier molecular flexibility index (Phi) is 5.75. The zero-order chi connectivity index (χ0) is 22.8. The Bertz CT molecular complexity index is 1220. The average Bonchev–Trinajstić information content (AvgIpc) is 3.59. The first-order valence-electron chi connectivity index (χ1n) is 11.1.